The van der Waals surface area contributed by atoms with Crippen LogP contribution in [0, 0.1) is 12.7 Å². The van der Waals surface area contributed by atoms with Gasteiger partial charge in [-0.3, -0.25) is 4.79 Å². The predicted octanol–water partition coefficient (Wildman–Crippen LogP) is 3.25. The minimum Gasteiger partial charge on any atom is -0.496 e. The number of nitrogens with one attached hydrogen (secondary N) is 1. The van der Waals surface area contributed by atoms with Gasteiger partial charge in [0.2, 0.25) is 0 Å². The molecule has 0 radical (unpaired) electrons. The van der Waals surface area contributed by atoms with Crippen molar-refractivity contribution in [3.05, 3.63) is 77.2 Å². The van der Waals surface area contributed by atoms with Crippen LogP contribution in [-0.2, 0) is 20.2 Å². The molecule has 1 saturated heterocycles. The van der Waals surface area contributed by atoms with Crippen molar-refractivity contribution in [1.82, 2.24) is 15.2 Å². The molecule has 2 aliphatic rings. The molecule has 0 saturated carbocycles. The molecule has 3 heterocycles. The van der Waals surface area contributed by atoms with Gasteiger partial charge in [0.25, 0.3) is 15.9 Å². The largest absolute Gasteiger partial charge is 0.496 e. The number of nitrogens with zero attached hydrogens (tertiary/aromatic N) is 3. The number of halogens is 1. The maximum atomic E-state index is 15.6. The highest BCUT2D eigenvalue weighted by Gasteiger charge is 2.57. The van der Waals surface area contributed by atoms with Crippen LogP contribution in [0.25, 0.3) is 0 Å². The van der Waals surface area contributed by atoms with Crippen molar-refractivity contribution in [3.8, 4) is 11.5 Å². The van der Waals surface area contributed by atoms with E-state index in [4.69, 9.17) is 9.47 Å². The Kier molecular flexibility index (Phi) is 7.80. The Balaban J connectivity index is 1.66. The van der Waals surface area contributed by atoms with Crippen LogP contribution in [0.5, 0.6) is 11.5 Å². The Morgan fingerprint density at radius 1 is 1.05 bits per heavy atom. The fraction of sp³-hybridized carbons (Fsp3) is 0.379. The highest BCUT2D eigenvalue weighted by Crippen LogP contribution is 2.51. The average molecular weight is 569 g/mol. The minimum absolute atomic E-state index is 0.0512. The van der Waals surface area contributed by atoms with E-state index >= 15 is 4.39 Å². The number of amides is 1. The second kappa shape index (κ2) is 11.1. The number of carbonyl (C=O) groups excluding carboxylic acids is 1. The Bertz CT molecular complexity index is 1530. The Labute approximate surface area is 234 Å². The minimum atomic E-state index is -4.42. The van der Waals surface area contributed by atoms with Gasteiger partial charge in [-0.05, 0) is 62.2 Å². The van der Waals surface area contributed by atoms with Crippen molar-refractivity contribution in [2.45, 2.75) is 30.1 Å². The topological polar surface area (TPSA) is 101 Å². The second-order valence-corrected chi connectivity index (χ2v) is 11.8. The summed E-state index contributed by atoms with van der Waals surface area (Å²) in [6.07, 6.45) is 2.09. The Morgan fingerprint density at radius 3 is 2.48 bits per heavy atom. The maximum absolute atomic E-state index is 15.6. The number of ether oxygens (including phenoxy) is 2. The first-order valence-corrected chi connectivity index (χ1v) is 14.6. The van der Waals surface area contributed by atoms with Gasteiger partial charge in [-0.15, -0.1) is 0 Å². The Hall–Kier alpha value is -3.54. The monoisotopic (exact) mass is 568 g/mol. The normalized spacial score (nSPS) is 19.5. The molecular weight excluding hydrogens is 535 g/mol. The SMILES string of the molecule is COc1cnc2c(c1)C(CCCN1CCNCC1)(c1ccccc1F)C(=O)N2S(=O)(=O)c1ccc(OC)c(C)c1. The van der Waals surface area contributed by atoms with Crippen LogP contribution in [0.2, 0.25) is 0 Å². The van der Waals surface area contributed by atoms with Crippen LogP contribution in [0.3, 0.4) is 0 Å². The number of aromatic nitrogens is 1. The van der Waals surface area contributed by atoms with E-state index in [1.807, 2.05) is 0 Å². The third-order valence-corrected chi connectivity index (χ3v) is 9.42. The number of aryl methyl sites for hydroxylation is 1. The fourth-order valence-corrected chi connectivity index (χ4v) is 7.22. The van der Waals surface area contributed by atoms with Gasteiger partial charge in [-0.25, -0.2) is 17.8 Å². The summed E-state index contributed by atoms with van der Waals surface area (Å²) >= 11 is 0. The number of piperazine rings is 1. The number of rotatable bonds is 9. The third kappa shape index (κ3) is 4.71. The molecule has 0 aliphatic carbocycles. The van der Waals surface area contributed by atoms with Crippen molar-refractivity contribution in [3.63, 3.8) is 0 Å². The van der Waals surface area contributed by atoms with Gasteiger partial charge in [-0.1, -0.05) is 18.2 Å². The quantitative estimate of drug-likeness (QED) is 0.420. The van der Waals surface area contributed by atoms with Gasteiger partial charge < -0.3 is 19.7 Å². The molecule has 1 N–H and O–H groups in total. The molecular formula is C29H33FN4O5S. The molecule has 1 aromatic heterocycles. The Morgan fingerprint density at radius 2 is 1.80 bits per heavy atom. The van der Waals surface area contributed by atoms with Crippen LogP contribution in [0.1, 0.15) is 29.5 Å². The van der Waals surface area contributed by atoms with Gasteiger partial charge in [0.15, 0.2) is 5.82 Å². The van der Waals surface area contributed by atoms with E-state index in [2.05, 4.69) is 15.2 Å². The van der Waals surface area contributed by atoms with Crippen LogP contribution >= 0.6 is 0 Å². The number of benzene rings is 2. The van der Waals surface area contributed by atoms with Crippen LogP contribution in [0.4, 0.5) is 10.2 Å². The number of hydrogen-bond acceptors (Lipinski definition) is 8. The lowest BCUT2D eigenvalue weighted by Crippen LogP contribution is -2.46. The van der Waals surface area contributed by atoms with E-state index in [1.165, 1.54) is 38.6 Å². The summed E-state index contributed by atoms with van der Waals surface area (Å²) < 4.78 is 55.3. The molecule has 0 spiro atoms. The van der Waals surface area contributed by atoms with E-state index < -0.39 is 27.2 Å². The number of sulfonamides is 1. The second-order valence-electron chi connectivity index (χ2n) is 10.0. The van der Waals surface area contributed by atoms with Gasteiger partial charge in [0, 0.05) is 37.3 Å². The number of carbonyl (C=O) groups is 1. The highest BCUT2D eigenvalue weighted by atomic mass is 32.2. The standard InChI is InChI=1S/C29H33FN4O5S/c1-20-17-22(9-10-26(20)39-3)40(36,37)34-27-24(18-21(38-2)19-32-27)29(28(34)35,23-7-4-5-8-25(23)30)11-6-14-33-15-12-31-13-16-33/h4-5,7-10,17-19,31H,6,11-16H2,1-3H3. The summed E-state index contributed by atoms with van der Waals surface area (Å²) in [6.45, 7) is 5.87. The van der Waals surface area contributed by atoms with Crippen LogP contribution < -0.4 is 19.1 Å². The summed E-state index contributed by atoms with van der Waals surface area (Å²) in [7, 11) is -1.46. The van der Waals surface area contributed by atoms with E-state index in [0.29, 0.717) is 35.6 Å². The van der Waals surface area contributed by atoms with Crippen molar-refractivity contribution in [2.24, 2.45) is 0 Å². The molecule has 9 nitrogen and oxygen atoms in total. The first-order valence-electron chi connectivity index (χ1n) is 13.2. The summed E-state index contributed by atoms with van der Waals surface area (Å²) in [6, 6.07) is 12.0. The predicted molar refractivity (Wildman–Crippen MR) is 149 cm³/mol. The number of pyridine rings is 1. The van der Waals surface area contributed by atoms with E-state index in [-0.39, 0.29) is 22.7 Å². The maximum Gasteiger partial charge on any atom is 0.272 e. The molecule has 40 heavy (non-hydrogen) atoms. The number of hydrogen-bond donors (Lipinski definition) is 1. The molecule has 2 aromatic carbocycles. The molecule has 5 rings (SSSR count). The van der Waals surface area contributed by atoms with Crippen molar-refractivity contribution in [2.75, 3.05) is 51.2 Å². The first kappa shape index (κ1) is 28.0. The lowest BCUT2D eigenvalue weighted by Gasteiger charge is -2.32. The van der Waals surface area contributed by atoms with Crippen LogP contribution in [-0.4, -0.2) is 71.2 Å². The molecule has 11 heteroatoms. The van der Waals surface area contributed by atoms with Gasteiger partial charge >= 0.3 is 0 Å². The van der Waals surface area contributed by atoms with Gasteiger partial charge in [0.1, 0.15) is 22.7 Å². The molecule has 1 fully saturated rings. The summed E-state index contributed by atoms with van der Waals surface area (Å²) in [5, 5.41) is 3.32. The van der Waals surface area contributed by atoms with Gasteiger partial charge in [0.05, 0.1) is 25.3 Å². The third-order valence-electron chi connectivity index (χ3n) is 7.75. The molecule has 0 bridgehead atoms. The summed E-state index contributed by atoms with van der Waals surface area (Å²) in [5.74, 6) is -0.546. The zero-order valence-electron chi connectivity index (χ0n) is 22.8. The van der Waals surface area contributed by atoms with E-state index in [9.17, 15) is 13.2 Å². The van der Waals surface area contributed by atoms with E-state index in [0.717, 1.165) is 30.5 Å². The fourth-order valence-electron chi connectivity index (χ4n) is 5.70. The van der Waals surface area contributed by atoms with Crippen molar-refractivity contribution in [1.29, 1.82) is 0 Å². The molecule has 1 unspecified atom stereocenters. The lowest BCUT2D eigenvalue weighted by molar-refractivity contribution is -0.121. The van der Waals surface area contributed by atoms with Crippen LogP contribution in [0.15, 0.2) is 59.6 Å². The highest BCUT2D eigenvalue weighted by molar-refractivity contribution is 7.93. The summed E-state index contributed by atoms with van der Waals surface area (Å²) in [5.41, 5.74) is -0.615. The molecule has 3 aromatic rings. The van der Waals surface area contributed by atoms with E-state index in [1.54, 1.807) is 37.3 Å². The lowest BCUT2D eigenvalue weighted by atomic mass is 9.72. The number of methoxy groups -OCH3 is 2. The average Bonchev–Trinajstić information content (AvgIpc) is 3.21. The number of anilines is 1. The zero-order valence-corrected chi connectivity index (χ0v) is 23.6. The molecule has 1 atom stereocenters. The van der Waals surface area contributed by atoms with Gasteiger partial charge in [-0.2, -0.15) is 4.31 Å². The molecule has 2 aliphatic heterocycles. The summed E-state index contributed by atoms with van der Waals surface area (Å²) in [4.78, 5) is 21.2. The molecule has 212 valence electrons. The smallest absolute Gasteiger partial charge is 0.272 e. The van der Waals surface area contributed by atoms with Crippen molar-refractivity contribution >= 4 is 21.7 Å². The number of fused-ring (bicyclic) bond motifs is 1. The molecule has 1 amide bonds. The zero-order chi connectivity index (χ0) is 28.5. The first-order chi connectivity index (χ1) is 19.2. The van der Waals surface area contributed by atoms with Crippen molar-refractivity contribution < 1.29 is 27.1 Å².